The number of hydrogen-bond acceptors (Lipinski definition) is 3. The van der Waals surface area contributed by atoms with Crippen molar-refractivity contribution in [3.8, 4) is 0 Å². The van der Waals surface area contributed by atoms with E-state index in [1.807, 2.05) is 13.8 Å². The Morgan fingerprint density at radius 3 is 2.21 bits per heavy atom. The molecule has 0 bridgehead atoms. The quantitative estimate of drug-likeness (QED) is 0.740. The van der Waals surface area contributed by atoms with Crippen LogP contribution in [0.3, 0.4) is 0 Å². The predicted molar refractivity (Wildman–Crippen MR) is 61.6 cm³/mol. The predicted octanol–water partition coefficient (Wildman–Crippen LogP) is 1.03. The second-order valence-corrected chi connectivity index (χ2v) is 3.74. The monoisotopic (exact) mass is 202 g/mol. The third-order valence-corrected chi connectivity index (χ3v) is 2.76. The van der Waals surface area contributed by atoms with Crippen molar-refractivity contribution < 1.29 is 5.11 Å². The van der Waals surface area contributed by atoms with Crippen LogP contribution in [0.5, 0.6) is 0 Å². The summed E-state index contributed by atoms with van der Waals surface area (Å²) in [6, 6.07) is 0.688. The second-order valence-electron chi connectivity index (χ2n) is 3.74. The van der Waals surface area contributed by atoms with E-state index in [4.69, 9.17) is 5.11 Å². The maximum atomic E-state index is 8.77. The van der Waals surface area contributed by atoms with Gasteiger partial charge in [0.2, 0.25) is 0 Å². The van der Waals surface area contributed by atoms with Gasteiger partial charge in [-0.2, -0.15) is 0 Å². The van der Waals surface area contributed by atoms with E-state index in [2.05, 4.69) is 23.9 Å². The van der Waals surface area contributed by atoms with Crippen molar-refractivity contribution in [3.63, 3.8) is 0 Å². The van der Waals surface area contributed by atoms with Crippen LogP contribution in [0.15, 0.2) is 0 Å². The van der Waals surface area contributed by atoms with E-state index in [1.165, 1.54) is 25.9 Å². The number of aliphatic hydroxyl groups is 1. The van der Waals surface area contributed by atoms with Gasteiger partial charge in [-0.3, -0.25) is 0 Å². The number of likely N-dealkylation sites (tertiary alicyclic amines) is 1. The van der Waals surface area contributed by atoms with Gasteiger partial charge in [0, 0.05) is 12.6 Å². The van der Waals surface area contributed by atoms with Crippen LogP contribution in [0.1, 0.15) is 26.7 Å². The van der Waals surface area contributed by atoms with Gasteiger partial charge in [-0.05, 0) is 40.0 Å². The molecule has 1 N–H and O–H groups in total. The summed E-state index contributed by atoms with van der Waals surface area (Å²) in [7, 11) is 4.27. The van der Waals surface area contributed by atoms with Crippen molar-refractivity contribution in [2.75, 3.05) is 40.3 Å². The summed E-state index contributed by atoms with van der Waals surface area (Å²) in [6.45, 7) is 7.48. The number of likely N-dealkylation sites (N-methyl/N-ethyl adjacent to an activating group) is 1. The molecular weight excluding hydrogens is 176 g/mol. The van der Waals surface area contributed by atoms with Gasteiger partial charge in [-0.1, -0.05) is 13.8 Å². The molecule has 1 aliphatic heterocycles. The number of rotatable bonds is 3. The molecule has 0 aromatic rings. The Morgan fingerprint density at radius 2 is 1.79 bits per heavy atom. The van der Waals surface area contributed by atoms with Crippen molar-refractivity contribution >= 4 is 0 Å². The van der Waals surface area contributed by atoms with Gasteiger partial charge in [0.05, 0.1) is 6.61 Å². The molecule has 0 aliphatic carbocycles. The van der Waals surface area contributed by atoms with E-state index in [0.29, 0.717) is 6.04 Å². The topological polar surface area (TPSA) is 26.7 Å². The van der Waals surface area contributed by atoms with Crippen LogP contribution in [0.4, 0.5) is 0 Å². The lowest BCUT2D eigenvalue weighted by Crippen LogP contribution is -2.42. The molecule has 14 heavy (non-hydrogen) atoms. The molecule has 0 aromatic heterocycles. The van der Waals surface area contributed by atoms with E-state index in [9.17, 15) is 0 Å². The van der Waals surface area contributed by atoms with Crippen molar-refractivity contribution in [2.45, 2.75) is 32.7 Å². The molecular formula is C11H26N2O. The average molecular weight is 202 g/mol. The normalized spacial score (nSPS) is 19.3. The number of aliphatic hydroxyl groups excluding tert-OH is 1. The lowest BCUT2D eigenvalue weighted by atomic mass is 10.0. The lowest BCUT2D eigenvalue weighted by Gasteiger charge is -2.34. The van der Waals surface area contributed by atoms with Crippen LogP contribution in [0.25, 0.3) is 0 Å². The molecule has 0 amide bonds. The largest absolute Gasteiger partial charge is 0.395 e. The molecule has 1 fully saturated rings. The molecule has 0 aromatic carbocycles. The molecule has 0 radical (unpaired) electrons. The fourth-order valence-corrected chi connectivity index (χ4v) is 1.78. The lowest BCUT2D eigenvalue weighted by molar-refractivity contribution is 0.123. The van der Waals surface area contributed by atoms with Gasteiger partial charge in [-0.15, -0.1) is 0 Å². The van der Waals surface area contributed by atoms with Crippen LogP contribution >= 0.6 is 0 Å². The van der Waals surface area contributed by atoms with Crippen molar-refractivity contribution in [1.29, 1.82) is 0 Å². The summed E-state index contributed by atoms with van der Waals surface area (Å²) in [5.74, 6) is 0. The van der Waals surface area contributed by atoms with E-state index < -0.39 is 0 Å². The van der Waals surface area contributed by atoms with Crippen LogP contribution in [-0.2, 0) is 0 Å². The molecule has 1 saturated heterocycles. The average Bonchev–Trinajstić information content (AvgIpc) is 2.22. The molecule has 1 aliphatic rings. The fourth-order valence-electron chi connectivity index (χ4n) is 1.78. The first-order valence-electron chi connectivity index (χ1n) is 5.73. The smallest absolute Gasteiger partial charge is 0.0558 e. The summed E-state index contributed by atoms with van der Waals surface area (Å²) in [5, 5.41) is 8.77. The summed E-state index contributed by atoms with van der Waals surface area (Å²) in [4.78, 5) is 4.64. The molecule has 3 nitrogen and oxygen atoms in total. The summed E-state index contributed by atoms with van der Waals surface area (Å²) in [6.07, 6.45) is 2.49. The highest BCUT2D eigenvalue weighted by atomic mass is 16.3. The molecule has 86 valence electrons. The Kier molecular flexibility index (Phi) is 8.14. The third-order valence-electron chi connectivity index (χ3n) is 2.76. The zero-order chi connectivity index (χ0) is 11.0. The highest BCUT2D eigenvalue weighted by Gasteiger charge is 2.19. The first-order chi connectivity index (χ1) is 6.74. The molecule has 0 unspecified atom stereocenters. The maximum absolute atomic E-state index is 8.77. The first-order valence-corrected chi connectivity index (χ1v) is 5.73. The summed E-state index contributed by atoms with van der Waals surface area (Å²) < 4.78 is 0. The molecule has 0 spiro atoms. The number of hydrogen-bond donors (Lipinski definition) is 1. The number of nitrogens with zero attached hydrogens (tertiary/aromatic N) is 2. The molecule has 1 heterocycles. The maximum Gasteiger partial charge on any atom is 0.0558 e. The van der Waals surface area contributed by atoms with E-state index in [1.54, 1.807) is 0 Å². The van der Waals surface area contributed by atoms with Crippen molar-refractivity contribution in [1.82, 2.24) is 9.80 Å². The Bertz CT molecular complexity index is 122. The summed E-state index contributed by atoms with van der Waals surface area (Å²) in [5.41, 5.74) is 0. The zero-order valence-electron chi connectivity index (χ0n) is 10.2. The summed E-state index contributed by atoms with van der Waals surface area (Å²) >= 11 is 0. The Morgan fingerprint density at radius 1 is 1.29 bits per heavy atom. The SMILES string of the molecule is CC.CN1CCC(N(C)CCO)CC1. The standard InChI is InChI=1S/C9H20N2O.C2H6/c1-10-5-3-9(4-6-10)11(2)7-8-12;1-2/h9,12H,3-8H2,1-2H3;1-2H3. The highest BCUT2D eigenvalue weighted by molar-refractivity contribution is 4.76. The highest BCUT2D eigenvalue weighted by Crippen LogP contribution is 2.13. The molecule has 0 saturated carbocycles. The van der Waals surface area contributed by atoms with E-state index >= 15 is 0 Å². The molecule has 0 atom stereocenters. The third kappa shape index (κ3) is 4.94. The Balaban J connectivity index is 0.000000791. The van der Waals surface area contributed by atoms with Gasteiger partial charge in [0.25, 0.3) is 0 Å². The van der Waals surface area contributed by atoms with Gasteiger partial charge in [-0.25, -0.2) is 0 Å². The van der Waals surface area contributed by atoms with Gasteiger partial charge >= 0.3 is 0 Å². The minimum Gasteiger partial charge on any atom is -0.395 e. The Labute approximate surface area is 88.7 Å². The van der Waals surface area contributed by atoms with Crippen LogP contribution < -0.4 is 0 Å². The molecule has 1 rings (SSSR count). The van der Waals surface area contributed by atoms with E-state index in [0.717, 1.165) is 6.54 Å². The van der Waals surface area contributed by atoms with Crippen molar-refractivity contribution in [2.24, 2.45) is 0 Å². The number of piperidine rings is 1. The van der Waals surface area contributed by atoms with E-state index in [-0.39, 0.29) is 6.61 Å². The first kappa shape index (κ1) is 13.9. The second kappa shape index (κ2) is 8.21. The minimum absolute atomic E-state index is 0.281. The van der Waals surface area contributed by atoms with Crippen molar-refractivity contribution in [3.05, 3.63) is 0 Å². The zero-order valence-corrected chi connectivity index (χ0v) is 10.2. The minimum atomic E-state index is 0.281. The Hall–Kier alpha value is -0.120. The van der Waals surface area contributed by atoms with Crippen LogP contribution in [-0.4, -0.2) is 61.3 Å². The van der Waals surface area contributed by atoms with Crippen LogP contribution in [0, 0.1) is 0 Å². The van der Waals surface area contributed by atoms with Crippen LogP contribution in [0.2, 0.25) is 0 Å². The molecule has 3 heteroatoms. The van der Waals surface area contributed by atoms with Gasteiger partial charge < -0.3 is 14.9 Å². The fraction of sp³-hybridized carbons (Fsp3) is 1.00. The van der Waals surface area contributed by atoms with Gasteiger partial charge in [0.1, 0.15) is 0 Å². The van der Waals surface area contributed by atoms with Gasteiger partial charge in [0.15, 0.2) is 0 Å².